The SMILES string of the molecule is CC(C)OC(=O)[C@H]1[C@H]2C=C[C@@]3(CN(Cc4ccco4)C(=O)[C@@H]13)O2. The van der Waals surface area contributed by atoms with Gasteiger partial charge in [0.1, 0.15) is 17.3 Å². The molecule has 122 valence electrons. The fraction of sp³-hybridized carbons (Fsp3) is 0.529. The molecule has 4 heterocycles. The third kappa shape index (κ3) is 2.12. The Morgan fingerprint density at radius 1 is 1.52 bits per heavy atom. The van der Waals surface area contributed by atoms with E-state index in [1.54, 1.807) is 31.1 Å². The summed E-state index contributed by atoms with van der Waals surface area (Å²) in [6, 6.07) is 3.62. The zero-order valence-electron chi connectivity index (χ0n) is 13.1. The first-order valence-electron chi connectivity index (χ1n) is 7.89. The summed E-state index contributed by atoms with van der Waals surface area (Å²) in [4.78, 5) is 27.0. The number of rotatable bonds is 4. The van der Waals surface area contributed by atoms with Crippen LogP contribution in [0.15, 0.2) is 35.0 Å². The first kappa shape index (κ1) is 14.5. The summed E-state index contributed by atoms with van der Waals surface area (Å²) in [6.07, 6.45) is 4.83. The zero-order chi connectivity index (χ0) is 16.2. The lowest BCUT2D eigenvalue weighted by molar-refractivity contribution is -0.157. The molecule has 3 aliphatic heterocycles. The molecule has 0 radical (unpaired) electrons. The van der Waals surface area contributed by atoms with E-state index >= 15 is 0 Å². The number of hydrogen-bond acceptors (Lipinski definition) is 5. The maximum Gasteiger partial charge on any atom is 0.313 e. The van der Waals surface area contributed by atoms with Crippen molar-refractivity contribution in [2.75, 3.05) is 6.54 Å². The number of fused-ring (bicyclic) bond motifs is 1. The van der Waals surface area contributed by atoms with Gasteiger partial charge in [-0.1, -0.05) is 12.2 Å². The molecule has 1 aromatic heterocycles. The smallest absolute Gasteiger partial charge is 0.313 e. The Balaban J connectivity index is 1.59. The van der Waals surface area contributed by atoms with E-state index < -0.39 is 17.4 Å². The summed E-state index contributed by atoms with van der Waals surface area (Å²) < 4.78 is 16.7. The number of furan rings is 1. The number of carbonyl (C=O) groups excluding carboxylic acids is 2. The van der Waals surface area contributed by atoms with E-state index in [-0.39, 0.29) is 24.1 Å². The van der Waals surface area contributed by atoms with Crippen LogP contribution in [0.25, 0.3) is 0 Å². The lowest BCUT2D eigenvalue weighted by atomic mass is 9.77. The van der Waals surface area contributed by atoms with Crippen LogP contribution in [-0.2, 0) is 25.6 Å². The van der Waals surface area contributed by atoms with Crippen LogP contribution in [0.5, 0.6) is 0 Å². The molecule has 2 bridgehead atoms. The van der Waals surface area contributed by atoms with Gasteiger partial charge in [-0.25, -0.2) is 0 Å². The van der Waals surface area contributed by atoms with E-state index in [9.17, 15) is 9.59 Å². The molecule has 2 saturated heterocycles. The fourth-order valence-electron chi connectivity index (χ4n) is 3.88. The molecule has 1 spiro atoms. The van der Waals surface area contributed by atoms with Crippen molar-refractivity contribution in [3.8, 4) is 0 Å². The zero-order valence-corrected chi connectivity index (χ0v) is 13.1. The molecule has 6 nitrogen and oxygen atoms in total. The van der Waals surface area contributed by atoms with Crippen LogP contribution in [0.2, 0.25) is 0 Å². The maximum atomic E-state index is 12.9. The average molecular weight is 317 g/mol. The molecule has 3 aliphatic rings. The summed E-state index contributed by atoms with van der Waals surface area (Å²) in [5.74, 6) is -0.766. The summed E-state index contributed by atoms with van der Waals surface area (Å²) in [6.45, 7) is 4.43. The molecule has 0 N–H and O–H groups in total. The Hall–Kier alpha value is -2.08. The fourth-order valence-corrected chi connectivity index (χ4v) is 3.88. The van der Waals surface area contributed by atoms with Gasteiger partial charge in [0.25, 0.3) is 0 Å². The normalized spacial score (nSPS) is 34.5. The minimum atomic E-state index is -0.699. The van der Waals surface area contributed by atoms with Crippen molar-refractivity contribution in [1.29, 1.82) is 0 Å². The molecule has 0 aromatic carbocycles. The highest BCUT2D eigenvalue weighted by Gasteiger charge is 2.67. The predicted octanol–water partition coefficient (Wildman–Crippen LogP) is 1.51. The number of ether oxygens (including phenoxy) is 2. The molecule has 23 heavy (non-hydrogen) atoms. The molecule has 4 atom stereocenters. The van der Waals surface area contributed by atoms with Gasteiger partial charge in [-0.2, -0.15) is 0 Å². The van der Waals surface area contributed by atoms with Crippen molar-refractivity contribution in [1.82, 2.24) is 4.90 Å². The Bertz CT molecular complexity index is 665. The largest absolute Gasteiger partial charge is 0.467 e. The minimum absolute atomic E-state index is 0.0704. The molecule has 4 rings (SSSR count). The minimum Gasteiger partial charge on any atom is -0.467 e. The van der Waals surface area contributed by atoms with Crippen LogP contribution in [0.4, 0.5) is 0 Å². The van der Waals surface area contributed by atoms with Gasteiger partial charge < -0.3 is 18.8 Å². The number of carbonyl (C=O) groups is 2. The third-order valence-electron chi connectivity index (χ3n) is 4.73. The lowest BCUT2D eigenvalue weighted by Crippen LogP contribution is -2.40. The van der Waals surface area contributed by atoms with E-state index in [1.807, 2.05) is 18.2 Å². The van der Waals surface area contributed by atoms with Crippen molar-refractivity contribution in [2.45, 2.75) is 38.2 Å². The van der Waals surface area contributed by atoms with E-state index in [2.05, 4.69) is 0 Å². The standard InChI is InChI=1S/C17H19NO5/c1-10(2)22-16(20)13-12-5-6-17(23-12)9-18(15(19)14(13)17)8-11-4-3-7-21-11/h3-7,10,12-14H,8-9H2,1-2H3/t12-,13+,14-,17+/m1/s1. The van der Waals surface area contributed by atoms with Crippen molar-refractivity contribution < 1.29 is 23.5 Å². The van der Waals surface area contributed by atoms with E-state index in [0.717, 1.165) is 5.76 Å². The molecule has 0 saturated carbocycles. The lowest BCUT2D eigenvalue weighted by Gasteiger charge is -2.23. The molecule has 0 aliphatic carbocycles. The molecule has 6 heteroatoms. The van der Waals surface area contributed by atoms with Crippen molar-refractivity contribution >= 4 is 11.9 Å². The number of esters is 1. The number of amides is 1. The second kappa shape index (κ2) is 4.96. The highest BCUT2D eigenvalue weighted by Crippen LogP contribution is 2.52. The Morgan fingerprint density at radius 3 is 3.04 bits per heavy atom. The molecule has 1 aromatic rings. The molecule has 1 amide bonds. The van der Waals surface area contributed by atoms with Gasteiger partial charge in [-0.15, -0.1) is 0 Å². The van der Waals surface area contributed by atoms with E-state index in [0.29, 0.717) is 13.1 Å². The third-order valence-corrected chi connectivity index (χ3v) is 4.73. The second-order valence-corrected chi connectivity index (χ2v) is 6.66. The first-order chi connectivity index (χ1) is 11.0. The quantitative estimate of drug-likeness (QED) is 0.622. The number of likely N-dealkylation sites (tertiary alicyclic amines) is 1. The topological polar surface area (TPSA) is 69.0 Å². The Kier molecular flexibility index (Phi) is 3.13. The van der Waals surface area contributed by atoms with Crippen LogP contribution in [-0.4, -0.2) is 41.1 Å². The molecule has 0 unspecified atom stereocenters. The summed E-state index contributed by atoms with van der Waals surface area (Å²) in [5, 5.41) is 0. The van der Waals surface area contributed by atoms with Gasteiger partial charge in [0, 0.05) is 0 Å². The van der Waals surface area contributed by atoms with Gasteiger partial charge in [0.15, 0.2) is 0 Å². The monoisotopic (exact) mass is 317 g/mol. The van der Waals surface area contributed by atoms with Crippen LogP contribution < -0.4 is 0 Å². The summed E-state index contributed by atoms with van der Waals surface area (Å²) in [7, 11) is 0. The second-order valence-electron chi connectivity index (χ2n) is 6.66. The van der Waals surface area contributed by atoms with Gasteiger partial charge in [-0.3, -0.25) is 9.59 Å². The van der Waals surface area contributed by atoms with E-state index in [1.165, 1.54) is 0 Å². The van der Waals surface area contributed by atoms with Crippen molar-refractivity contribution in [2.24, 2.45) is 11.8 Å². The number of hydrogen-bond donors (Lipinski definition) is 0. The van der Waals surface area contributed by atoms with Gasteiger partial charge in [0.2, 0.25) is 5.91 Å². The summed E-state index contributed by atoms with van der Waals surface area (Å²) >= 11 is 0. The maximum absolute atomic E-state index is 12.9. The highest BCUT2D eigenvalue weighted by atomic mass is 16.6. The van der Waals surface area contributed by atoms with Crippen molar-refractivity contribution in [3.05, 3.63) is 36.3 Å². The Morgan fingerprint density at radius 2 is 2.35 bits per heavy atom. The Labute approximate surface area is 134 Å². The molecular weight excluding hydrogens is 298 g/mol. The van der Waals surface area contributed by atoms with Gasteiger partial charge in [-0.05, 0) is 26.0 Å². The van der Waals surface area contributed by atoms with Gasteiger partial charge in [0.05, 0.1) is 37.5 Å². The number of nitrogens with zero attached hydrogens (tertiary/aromatic N) is 1. The van der Waals surface area contributed by atoms with Crippen LogP contribution in [0.1, 0.15) is 19.6 Å². The van der Waals surface area contributed by atoms with Crippen LogP contribution in [0, 0.1) is 11.8 Å². The van der Waals surface area contributed by atoms with Crippen LogP contribution in [0.3, 0.4) is 0 Å². The van der Waals surface area contributed by atoms with Gasteiger partial charge >= 0.3 is 5.97 Å². The van der Waals surface area contributed by atoms with Crippen molar-refractivity contribution in [3.63, 3.8) is 0 Å². The highest BCUT2D eigenvalue weighted by molar-refractivity contribution is 5.91. The predicted molar refractivity (Wildman–Crippen MR) is 79.1 cm³/mol. The average Bonchev–Trinajstić information content (AvgIpc) is 3.21. The van der Waals surface area contributed by atoms with E-state index in [4.69, 9.17) is 13.9 Å². The molecule has 2 fully saturated rings. The van der Waals surface area contributed by atoms with Crippen LogP contribution >= 0.6 is 0 Å². The summed E-state index contributed by atoms with van der Waals surface area (Å²) in [5.41, 5.74) is -0.699. The molecular formula is C17H19NO5. The first-order valence-corrected chi connectivity index (χ1v) is 7.89.